The summed E-state index contributed by atoms with van der Waals surface area (Å²) in [6.07, 6.45) is 0. The maximum absolute atomic E-state index is 12.9. The second kappa shape index (κ2) is 9.24. The molecule has 27 heavy (non-hydrogen) atoms. The average Bonchev–Trinajstić information content (AvgIpc) is 3.24. The Bertz CT molecular complexity index is 863. The van der Waals surface area contributed by atoms with Crippen molar-refractivity contribution in [3.63, 3.8) is 0 Å². The van der Waals surface area contributed by atoms with Crippen LogP contribution in [0.4, 0.5) is 0 Å². The molecule has 0 fully saturated rings. The molecule has 4 nitrogen and oxygen atoms in total. The van der Waals surface area contributed by atoms with Crippen molar-refractivity contribution in [3.05, 3.63) is 82.0 Å². The number of carbonyl (C=O) groups excluding carboxylic acids is 1. The van der Waals surface area contributed by atoms with Gasteiger partial charge in [0.05, 0.1) is 13.7 Å². The van der Waals surface area contributed by atoms with Crippen LogP contribution in [-0.4, -0.2) is 24.5 Å². The molecule has 0 aliphatic heterocycles. The predicted molar refractivity (Wildman–Crippen MR) is 109 cm³/mol. The van der Waals surface area contributed by atoms with Gasteiger partial charge in [-0.3, -0.25) is 4.79 Å². The van der Waals surface area contributed by atoms with Crippen LogP contribution >= 0.6 is 11.3 Å². The van der Waals surface area contributed by atoms with Crippen LogP contribution in [0.1, 0.15) is 27.7 Å². The first-order valence-electron chi connectivity index (χ1n) is 8.87. The van der Waals surface area contributed by atoms with Crippen molar-refractivity contribution >= 4 is 17.2 Å². The molecular formula is C22H23NO3S. The number of carbonyl (C=O) groups is 1. The van der Waals surface area contributed by atoms with Gasteiger partial charge >= 0.3 is 0 Å². The second-order valence-corrected chi connectivity index (χ2v) is 7.07. The molecule has 0 aliphatic carbocycles. The van der Waals surface area contributed by atoms with Crippen LogP contribution in [-0.2, 0) is 13.2 Å². The minimum Gasteiger partial charge on any atom is -0.493 e. The minimum atomic E-state index is -0.0150. The summed E-state index contributed by atoms with van der Waals surface area (Å²) in [6.45, 7) is 3.69. The van der Waals surface area contributed by atoms with Gasteiger partial charge in [-0.05, 0) is 42.1 Å². The molecule has 3 aromatic rings. The molecule has 3 rings (SSSR count). The number of ether oxygens (including phenoxy) is 2. The zero-order chi connectivity index (χ0) is 19.1. The van der Waals surface area contributed by atoms with Crippen LogP contribution in [0, 0.1) is 0 Å². The van der Waals surface area contributed by atoms with E-state index in [1.54, 1.807) is 36.6 Å². The molecule has 0 radical (unpaired) electrons. The highest BCUT2D eigenvalue weighted by Crippen LogP contribution is 2.29. The van der Waals surface area contributed by atoms with Gasteiger partial charge in [0.25, 0.3) is 5.91 Å². The Labute approximate surface area is 164 Å². The second-order valence-electron chi connectivity index (χ2n) is 6.04. The zero-order valence-corrected chi connectivity index (χ0v) is 16.4. The van der Waals surface area contributed by atoms with Crippen molar-refractivity contribution in [1.29, 1.82) is 0 Å². The van der Waals surface area contributed by atoms with Crippen LogP contribution in [0.5, 0.6) is 11.5 Å². The van der Waals surface area contributed by atoms with Gasteiger partial charge in [0.15, 0.2) is 11.5 Å². The average molecular weight is 381 g/mol. The normalized spacial score (nSPS) is 10.4. The quantitative estimate of drug-likeness (QED) is 0.551. The summed E-state index contributed by atoms with van der Waals surface area (Å²) in [6, 6.07) is 19.3. The number of amides is 1. The van der Waals surface area contributed by atoms with Gasteiger partial charge in [0.1, 0.15) is 6.61 Å². The van der Waals surface area contributed by atoms with Crippen LogP contribution in [0.15, 0.2) is 66.0 Å². The number of nitrogens with zero attached hydrogens (tertiary/aromatic N) is 1. The Hall–Kier alpha value is -2.79. The highest BCUT2D eigenvalue weighted by molar-refractivity contribution is 7.09. The van der Waals surface area contributed by atoms with Crippen molar-refractivity contribution in [1.82, 2.24) is 4.90 Å². The van der Waals surface area contributed by atoms with E-state index < -0.39 is 0 Å². The van der Waals surface area contributed by atoms with Gasteiger partial charge in [-0.2, -0.15) is 0 Å². The van der Waals surface area contributed by atoms with Crippen LogP contribution < -0.4 is 9.47 Å². The summed E-state index contributed by atoms with van der Waals surface area (Å²) < 4.78 is 11.3. The van der Waals surface area contributed by atoms with Gasteiger partial charge in [-0.15, -0.1) is 11.3 Å². The third-order valence-electron chi connectivity index (χ3n) is 4.24. The standard InChI is InChI=1S/C22H23NO3S/c1-3-23(15-19-10-7-13-27-19)22(24)18-11-12-20(21(14-18)25-2)26-16-17-8-5-4-6-9-17/h4-14H,3,15-16H2,1-2H3. The van der Waals surface area contributed by atoms with E-state index in [2.05, 4.69) is 0 Å². The number of methoxy groups -OCH3 is 1. The van der Waals surface area contributed by atoms with Crippen molar-refractivity contribution in [2.45, 2.75) is 20.1 Å². The van der Waals surface area contributed by atoms with Crippen molar-refractivity contribution < 1.29 is 14.3 Å². The molecule has 140 valence electrons. The Morgan fingerprint density at radius 1 is 1.04 bits per heavy atom. The number of rotatable bonds is 8. The fraction of sp³-hybridized carbons (Fsp3) is 0.227. The molecule has 0 atom stereocenters. The van der Waals surface area contributed by atoms with E-state index >= 15 is 0 Å². The van der Waals surface area contributed by atoms with Crippen molar-refractivity contribution in [3.8, 4) is 11.5 Å². The topological polar surface area (TPSA) is 38.8 Å². The zero-order valence-electron chi connectivity index (χ0n) is 15.6. The van der Waals surface area contributed by atoms with E-state index in [9.17, 15) is 4.79 Å². The maximum Gasteiger partial charge on any atom is 0.254 e. The predicted octanol–water partition coefficient (Wildman–Crippen LogP) is 5.00. The van der Waals surface area contributed by atoms with E-state index in [-0.39, 0.29) is 5.91 Å². The molecule has 1 heterocycles. The van der Waals surface area contributed by atoms with E-state index in [4.69, 9.17) is 9.47 Å². The van der Waals surface area contributed by atoms with E-state index in [1.807, 2.05) is 59.7 Å². The molecule has 0 saturated carbocycles. The summed E-state index contributed by atoms with van der Waals surface area (Å²) in [4.78, 5) is 15.9. The summed E-state index contributed by atoms with van der Waals surface area (Å²) in [7, 11) is 1.59. The minimum absolute atomic E-state index is 0.0150. The summed E-state index contributed by atoms with van der Waals surface area (Å²) in [5, 5.41) is 2.02. The van der Waals surface area contributed by atoms with Crippen molar-refractivity contribution in [2.75, 3.05) is 13.7 Å². The highest BCUT2D eigenvalue weighted by atomic mass is 32.1. The molecule has 0 unspecified atom stereocenters. The molecule has 0 aliphatic rings. The maximum atomic E-state index is 12.9. The van der Waals surface area contributed by atoms with E-state index in [0.29, 0.717) is 36.8 Å². The molecule has 0 spiro atoms. The fourth-order valence-corrected chi connectivity index (χ4v) is 3.48. The van der Waals surface area contributed by atoms with Crippen LogP contribution in [0.25, 0.3) is 0 Å². The first-order chi connectivity index (χ1) is 13.2. The third kappa shape index (κ3) is 4.89. The lowest BCUT2D eigenvalue weighted by atomic mass is 10.1. The fourth-order valence-electron chi connectivity index (χ4n) is 2.76. The molecule has 5 heteroatoms. The lowest BCUT2D eigenvalue weighted by molar-refractivity contribution is 0.0753. The Balaban J connectivity index is 1.73. The van der Waals surface area contributed by atoms with Gasteiger partial charge in [-0.1, -0.05) is 36.4 Å². The summed E-state index contributed by atoms with van der Waals surface area (Å²) in [5.41, 5.74) is 1.67. The molecule has 0 bridgehead atoms. The van der Waals surface area contributed by atoms with Crippen LogP contribution in [0.2, 0.25) is 0 Å². The number of thiophene rings is 1. The van der Waals surface area contributed by atoms with Gasteiger partial charge in [0.2, 0.25) is 0 Å². The van der Waals surface area contributed by atoms with Crippen molar-refractivity contribution in [2.24, 2.45) is 0 Å². The van der Waals surface area contributed by atoms with E-state index in [0.717, 1.165) is 5.56 Å². The number of hydrogen-bond acceptors (Lipinski definition) is 4. The summed E-state index contributed by atoms with van der Waals surface area (Å²) in [5.74, 6) is 1.17. The molecular weight excluding hydrogens is 358 g/mol. The van der Waals surface area contributed by atoms with Crippen LogP contribution in [0.3, 0.4) is 0 Å². The first-order valence-corrected chi connectivity index (χ1v) is 9.75. The lowest BCUT2D eigenvalue weighted by Crippen LogP contribution is -2.30. The molecule has 1 amide bonds. The smallest absolute Gasteiger partial charge is 0.254 e. The largest absolute Gasteiger partial charge is 0.493 e. The Kier molecular flexibility index (Phi) is 6.49. The molecule has 2 aromatic carbocycles. The number of benzene rings is 2. The third-order valence-corrected chi connectivity index (χ3v) is 5.10. The lowest BCUT2D eigenvalue weighted by Gasteiger charge is -2.21. The molecule has 0 N–H and O–H groups in total. The monoisotopic (exact) mass is 381 g/mol. The summed E-state index contributed by atoms with van der Waals surface area (Å²) >= 11 is 1.66. The van der Waals surface area contributed by atoms with Gasteiger partial charge in [-0.25, -0.2) is 0 Å². The van der Waals surface area contributed by atoms with Gasteiger partial charge < -0.3 is 14.4 Å². The van der Waals surface area contributed by atoms with Gasteiger partial charge in [0, 0.05) is 17.0 Å². The Morgan fingerprint density at radius 3 is 2.52 bits per heavy atom. The first kappa shape index (κ1) is 19.0. The molecule has 1 aromatic heterocycles. The molecule has 0 saturated heterocycles. The SMILES string of the molecule is CCN(Cc1cccs1)C(=O)c1ccc(OCc2ccccc2)c(OC)c1. The Morgan fingerprint density at radius 2 is 1.85 bits per heavy atom. The number of hydrogen-bond donors (Lipinski definition) is 0. The van der Waals surface area contributed by atoms with E-state index in [1.165, 1.54) is 4.88 Å². The highest BCUT2D eigenvalue weighted by Gasteiger charge is 2.17.